The highest BCUT2D eigenvalue weighted by molar-refractivity contribution is 5.93. The molecule has 0 radical (unpaired) electrons. The van der Waals surface area contributed by atoms with Crippen LogP contribution in [0.2, 0.25) is 0 Å². The second kappa shape index (κ2) is 7.92. The van der Waals surface area contributed by atoms with Crippen molar-refractivity contribution in [1.82, 2.24) is 0 Å². The SMILES string of the molecule is COc1cccc(C(=O)OCc2cc([N+](=O)[O-])cc3c2OCOC3)c1OC. The minimum absolute atomic E-state index is 0.0233. The fourth-order valence-electron chi connectivity index (χ4n) is 2.76. The van der Waals surface area contributed by atoms with E-state index in [9.17, 15) is 14.9 Å². The van der Waals surface area contributed by atoms with Crippen molar-refractivity contribution in [1.29, 1.82) is 0 Å². The minimum Gasteiger partial charge on any atom is -0.493 e. The summed E-state index contributed by atoms with van der Waals surface area (Å²) < 4.78 is 26.3. The van der Waals surface area contributed by atoms with Crippen LogP contribution in [0, 0.1) is 10.1 Å². The first-order valence-corrected chi connectivity index (χ1v) is 7.94. The molecule has 9 heteroatoms. The van der Waals surface area contributed by atoms with Gasteiger partial charge in [0.25, 0.3) is 5.69 Å². The molecule has 0 saturated heterocycles. The van der Waals surface area contributed by atoms with Crippen molar-refractivity contribution < 1.29 is 33.4 Å². The molecule has 1 aliphatic rings. The maximum atomic E-state index is 12.5. The van der Waals surface area contributed by atoms with E-state index in [0.717, 1.165) is 0 Å². The monoisotopic (exact) mass is 375 g/mol. The fourth-order valence-corrected chi connectivity index (χ4v) is 2.76. The van der Waals surface area contributed by atoms with Gasteiger partial charge in [0.1, 0.15) is 17.9 Å². The van der Waals surface area contributed by atoms with Gasteiger partial charge in [-0.3, -0.25) is 10.1 Å². The summed E-state index contributed by atoms with van der Waals surface area (Å²) in [4.78, 5) is 23.1. The number of nitro groups is 1. The van der Waals surface area contributed by atoms with Crippen LogP contribution in [0.4, 0.5) is 5.69 Å². The molecule has 1 aliphatic heterocycles. The summed E-state index contributed by atoms with van der Waals surface area (Å²) in [5.41, 5.74) is 0.964. The molecule has 0 fully saturated rings. The van der Waals surface area contributed by atoms with Crippen LogP contribution in [0.1, 0.15) is 21.5 Å². The van der Waals surface area contributed by atoms with E-state index in [1.165, 1.54) is 32.4 Å². The smallest absolute Gasteiger partial charge is 0.342 e. The predicted octanol–water partition coefficient (Wildman–Crippen LogP) is 2.84. The lowest BCUT2D eigenvalue weighted by Gasteiger charge is -2.20. The Morgan fingerprint density at radius 3 is 2.78 bits per heavy atom. The summed E-state index contributed by atoms with van der Waals surface area (Å²) in [5, 5.41) is 11.1. The van der Waals surface area contributed by atoms with Crippen molar-refractivity contribution in [3.63, 3.8) is 0 Å². The van der Waals surface area contributed by atoms with E-state index in [-0.39, 0.29) is 37.0 Å². The van der Waals surface area contributed by atoms with E-state index in [0.29, 0.717) is 22.6 Å². The molecule has 0 spiro atoms. The average Bonchev–Trinajstić information content (AvgIpc) is 2.70. The third-order valence-electron chi connectivity index (χ3n) is 3.96. The number of fused-ring (bicyclic) bond motifs is 1. The molecule has 3 rings (SSSR count). The molecular formula is C18H17NO8. The molecule has 27 heavy (non-hydrogen) atoms. The van der Waals surface area contributed by atoms with Gasteiger partial charge in [0.2, 0.25) is 0 Å². The normalized spacial score (nSPS) is 12.5. The molecule has 0 unspecified atom stereocenters. The van der Waals surface area contributed by atoms with Gasteiger partial charge in [-0.05, 0) is 12.1 Å². The number of non-ortho nitro benzene ring substituents is 1. The van der Waals surface area contributed by atoms with Gasteiger partial charge in [-0.25, -0.2) is 4.79 Å². The third kappa shape index (κ3) is 3.77. The summed E-state index contributed by atoms with van der Waals surface area (Å²) >= 11 is 0. The summed E-state index contributed by atoms with van der Waals surface area (Å²) in [6, 6.07) is 7.52. The third-order valence-corrected chi connectivity index (χ3v) is 3.96. The number of hydrogen-bond acceptors (Lipinski definition) is 8. The number of nitrogens with zero attached hydrogens (tertiary/aromatic N) is 1. The quantitative estimate of drug-likeness (QED) is 0.431. The first-order valence-electron chi connectivity index (χ1n) is 7.94. The molecule has 2 aromatic carbocycles. The molecule has 0 aromatic heterocycles. The predicted molar refractivity (Wildman–Crippen MR) is 92.0 cm³/mol. The largest absolute Gasteiger partial charge is 0.493 e. The number of methoxy groups -OCH3 is 2. The first-order chi connectivity index (χ1) is 13.0. The molecule has 1 heterocycles. The van der Waals surface area contributed by atoms with E-state index < -0.39 is 10.9 Å². The lowest BCUT2D eigenvalue weighted by molar-refractivity contribution is -0.385. The number of carbonyl (C=O) groups is 1. The van der Waals surface area contributed by atoms with Crippen LogP contribution in [0.15, 0.2) is 30.3 Å². The topological polar surface area (TPSA) is 106 Å². The Balaban J connectivity index is 1.86. The van der Waals surface area contributed by atoms with E-state index in [4.69, 9.17) is 23.7 Å². The van der Waals surface area contributed by atoms with Crippen molar-refractivity contribution in [3.05, 3.63) is 57.1 Å². The number of ether oxygens (including phenoxy) is 5. The Labute approximate surface area is 154 Å². The van der Waals surface area contributed by atoms with Crippen molar-refractivity contribution in [3.8, 4) is 17.2 Å². The molecule has 2 aromatic rings. The summed E-state index contributed by atoms with van der Waals surface area (Å²) in [6.45, 7) is 0.000339. The van der Waals surface area contributed by atoms with Gasteiger partial charge < -0.3 is 23.7 Å². The summed E-state index contributed by atoms with van der Waals surface area (Å²) in [6.07, 6.45) is 0. The van der Waals surface area contributed by atoms with Crippen LogP contribution < -0.4 is 14.2 Å². The van der Waals surface area contributed by atoms with Gasteiger partial charge in [0, 0.05) is 23.3 Å². The second-order valence-corrected chi connectivity index (χ2v) is 5.58. The highest BCUT2D eigenvalue weighted by Crippen LogP contribution is 2.34. The highest BCUT2D eigenvalue weighted by Gasteiger charge is 2.23. The van der Waals surface area contributed by atoms with Crippen molar-refractivity contribution >= 4 is 11.7 Å². The van der Waals surface area contributed by atoms with Gasteiger partial charge in [-0.2, -0.15) is 0 Å². The van der Waals surface area contributed by atoms with Crippen LogP contribution in [0.5, 0.6) is 17.2 Å². The second-order valence-electron chi connectivity index (χ2n) is 5.58. The van der Waals surface area contributed by atoms with Crippen molar-refractivity contribution in [2.75, 3.05) is 21.0 Å². The number of esters is 1. The van der Waals surface area contributed by atoms with Crippen LogP contribution in [0.3, 0.4) is 0 Å². The van der Waals surface area contributed by atoms with Crippen LogP contribution >= 0.6 is 0 Å². The van der Waals surface area contributed by atoms with Crippen LogP contribution in [-0.2, 0) is 22.7 Å². The zero-order valence-corrected chi connectivity index (χ0v) is 14.7. The minimum atomic E-state index is -0.655. The first kappa shape index (κ1) is 18.5. The average molecular weight is 375 g/mol. The molecule has 0 bridgehead atoms. The van der Waals surface area contributed by atoms with Gasteiger partial charge in [0.05, 0.1) is 25.7 Å². The van der Waals surface area contributed by atoms with Crippen LogP contribution in [-0.4, -0.2) is 31.9 Å². The zero-order valence-electron chi connectivity index (χ0n) is 14.7. The van der Waals surface area contributed by atoms with Gasteiger partial charge in [-0.15, -0.1) is 0 Å². The van der Waals surface area contributed by atoms with E-state index in [1.54, 1.807) is 12.1 Å². The maximum absolute atomic E-state index is 12.5. The maximum Gasteiger partial charge on any atom is 0.342 e. The Morgan fingerprint density at radius 2 is 2.07 bits per heavy atom. The number of para-hydroxylation sites is 1. The summed E-state index contributed by atoms with van der Waals surface area (Å²) in [5.74, 6) is 0.409. The Morgan fingerprint density at radius 1 is 1.26 bits per heavy atom. The lowest BCUT2D eigenvalue weighted by Crippen LogP contribution is -2.15. The Hall–Kier alpha value is -3.33. The van der Waals surface area contributed by atoms with E-state index in [1.807, 2.05) is 0 Å². The molecule has 0 atom stereocenters. The van der Waals surface area contributed by atoms with Gasteiger partial charge in [0.15, 0.2) is 18.3 Å². The van der Waals surface area contributed by atoms with Gasteiger partial charge >= 0.3 is 5.97 Å². The molecular weight excluding hydrogens is 358 g/mol. The molecule has 0 saturated carbocycles. The van der Waals surface area contributed by atoms with Crippen molar-refractivity contribution in [2.45, 2.75) is 13.2 Å². The number of hydrogen-bond donors (Lipinski definition) is 0. The molecule has 142 valence electrons. The fraction of sp³-hybridized carbons (Fsp3) is 0.278. The highest BCUT2D eigenvalue weighted by atomic mass is 16.7. The molecule has 0 amide bonds. The molecule has 0 aliphatic carbocycles. The lowest BCUT2D eigenvalue weighted by atomic mass is 10.1. The summed E-state index contributed by atoms with van der Waals surface area (Å²) in [7, 11) is 2.88. The van der Waals surface area contributed by atoms with Gasteiger partial charge in [-0.1, -0.05) is 6.07 Å². The number of benzene rings is 2. The standard InChI is InChI=1S/C18H17NO8/c1-23-15-5-3-4-14(17(15)24-2)18(20)26-9-12-7-13(19(21)22)6-11-8-25-10-27-16(11)12/h3-7H,8-10H2,1-2H3. The molecule has 0 N–H and O–H groups in total. The van der Waals surface area contributed by atoms with Crippen LogP contribution in [0.25, 0.3) is 0 Å². The van der Waals surface area contributed by atoms with E-state index >= 15 is 0 Å². The number of nitro benzene ring substituents is 1. The number of carbonyl (C=O) groups excluding carboxylic acids is 1. The Bertz CT molecular complexity index is 880. The number of rotatable bonds is 6. The van der Waals surface area contributed by atoms with E-state index in [2.05, 4.69) is 0 Å². The van der Waals surface area contributed by atoms with Crippen molar-refractivity contribution in [2.24, 2.45) is 0 Å². The Kier molecular flexibility index (Phi) is 5.41. The zero-order chi connectivity index (χ0) is 19.4. The molecule has 9 nitrogen and oxygen atoms in total.